The summed E-state index contributed by atoms with van der Waals surface area (Å²) in [5, 5.41) is 5.20. The van der Waals surface area contributed by atoms with Gasteiger partial charge in [0.2, 0.25) is 0 Å². The number of hydrogen-bond donors (Lipinski definition) is 1. The fourth-order valence-electron chi connectivity index (χ4n) is 6.49. The average molecular weight is 460 g/mol. The Morgan fingerprint density at radius 3 is 2.16 bits per heavy atom. The van der Waals surface area contributed by atoms with Crippen LogP contribution >= 0.6 is 23.2 Å². The summed E-state index contributed by atoms with van der Waals surface area (Å²) >= 11 is 12.6. The Hall–Kier alpha value is -1.42. The van der Waals surface area contributed by atoms with Crippen LogP contribution in [0.2, 0.25) is 10.0 Å². The average Bonchev–Trinajstić information content (AvgIpc) is 2.72. The summed E-state index contributed by atoms with van der Waals surface area (Å²) in [6.07, 6.45) is 8.48. The van der Waals surface area contributed by atoms with Gasteiger partial charge in [-0.15, -0.1) is 0 Å². The lowest BCUT2D eigenvalue weighted by Gasteiger charge is -2.57. The van der Waals surface area contributed by atoms with Crippen molar-refractivity contribution >= 4 is 23.2 Å². The molecule has 166 valence electrons. The van der Waals surface area contributed by atoms with E-state index in [4.69, 9.17) is 32.7 Å². The summed E-state index contributed by atoms with van der Waals surface area (Å²) in [7, 11) is 0. The van der Waals surface area contributed by atoms with Crippen molar-refractivity contribution in [3.8, 4) is 11.5 Å². The molecule has 0 unspecified atom stereocenters. The minimum atomic E-state index is 0.309. The van der Waals surface area contributed by atoms with Crippen molar-refractivity contribution in [2.24, 2.45) is 17.8 Å². The molecule has 31 heavy (non-hydrogen) atoms. The van der Waals surface area contributed by atoms with Crippen LogP contribution in [0.15, 0.2) is 36.4 Å². The molecule has 6 rings (SSSR count). The second kappa shape index (κ2) is 8.84. The highest BCUT2D eigenvalue weighted by Crippen LogP contribution is 2.55. The van der Waals surface area contributed by atoms with E-state index in [1.807, 2.05) is 31.2 Å². The van der Waals surface area contributed by atoms with Crippen LogP contribution in [0.4, 0.5) is 0 Å². The molecule has 0 spiro atoms. The number of hydrogen-bond acceptors (Lipinski definition) is 3. The summed E-state index contributed by atoms with van der Waals surface area (Å²) in [6.45, 7) is 3.77. The normalized spacial score (nSPS) is 28.7. The topological polar surface area (TPSA) is 30.5 Å². The Morgan fingerprint density at radius 1 is 0.903 bits per heavy atom. The van der Waals surface area contributed by atoms with E-state index >= 15 is 0 Å². The van der Waals surface area contributed by atoms with Gasteiger partial charge in [-0.25, -0.2) is 0 Å². The maximum absolute atomic E-state index is 6.29. The van der Waals surface area contributed by atoms with E-state index in [1.54, 1.807) is 0 Å². The molecule has 4 aliphatic rings. The summed E-state index contributed by atoms with van der Waals surface area (Å²) in [4.78, 5) is 0. The molecule has 4 aliphatic carbocycles. The Morgan fingerprint density at radius 2 is 1.55 bits per heavy atom. The Balaban J connectivity index is 1.27. The lowest BCUT2D eigenvalue weighted by atomic mass is 9.53. The third-order valence-corrected chi connectivity index (χ3v) is 8.16. The number of rotatable bonds is 8. The van der Waals surface area contributed by atoms with Crippen molar-refractivity contribution < 1.29 is 9.47 Å². The minimum absolute atomic E-state index is 0.309. The molecule has 1 N–H and O–H groups in total. The molecule has 4 bridgehead atoms. The molecule has 2 aromatic carbocycles. The van der Waals surface area contributed by atoms with E-state index in [9.17, 15) is 0 Å². The van der Waals surface area contributed by atoms with E-state index in [0.29, 0.717) is 28.8 Å². The van der Waals surface area contributed by atoms with Gasteiger partial charge in [0, 0.05) is 27.7 Å². The zero-order chi connectivity index (χ0) is 21.4. The SMILES string of the molecule is CCOc1cc(CNC23CC4CC(CC(C4)C2)C3)ccc1OCc1c(Cl)cccc1Cl. The smallest absolute Gasteiger partial charge is 0.161 e. The van der Waals surface area contributed by atoms with Crippen molar-refractivity contribution in [1.82, 2.24) is 5.32 Å². The maximum Gasteiger partial charge on any atom is 0.161 e. The maximum atomic E-state index is 6.29. The van der Waals surface area contributed by atoms with Gasteiger partial charge in [-0.05, 0) is 93.0 Å². The molecule has 0 saturated heterocycles. The molecule has 0 aliphatic heterocycles. The molecule has 0 aromatic heterocycles. The number of benzene rings is 2. The third-order valence-electron chi connectivity index (χ3n) is 7.45. The molecule has 4 fully saturated rings. The molecule has 3 nitrogen and oxygen atoms in total. The highest BCUT2D eigenvalue weighted by atomic mass is 35.5. The molecular formula is C26H31Cl2NO2. The van der Waals surface area contributed by atoms with Crippen LogP contribution in [0.3, 0.4) is 0 Å². The fourth-order valence-corrected chi connectivity index (χ4v) is 6.99. The van der Waals surface area contributed by atoms with Gasteiger partial charge in [0.15, 0.2) is 11.5 Å². The highest BCUT2D eigenvalue weighted by Gasteiger charge is 2.50. The van der Waals surface area contributed by atoms with Crippen LogP contribution in [-0.2, 0) is 13.2 Å². The number of nitrogens with one attached hydrogen (secondary N) is 1. The minimum Gasteiger partial charge on any atom is -0.490 e. The number of halogens is 2. The first kappa shape index (κ1) is 21.4. The van der Waals surface area contributed by atoms with Crippen LogP contribution < -0.4 is 14.8 Å². The third kappa shape index (κ3) is 4.55. The molecule has 0 atom stereocenters. The zero-order valence-electron chi connectivity index (χ0n) is 18.1. The lowest BCUT2D eigenvalue weighted by Crippen LogP contribution is -2.58. The van der Waals surface area contributed by atoms with E-state index < -0.39 is 0 Å². The van der Waals surface area contributed by atoms with Crippen molar-refractivity contribution in [2.45, 2.75) is 64.1 Å². The van der Waals surface area contributed by atoms with Gasteiger partial charge >= 0.3 is 0 Å². The summed E-state index contributed by atoms with van der Waals surface area (Å²) < 4.78 is 12.0. The molecule has 0 heterocycles. The van der Waals surface area contributed by atoms with Gasteiger partial charge in [0.05, 0.1) is 6.61 Å². The molecular weight excluding hydrogens is 429 g/mol. The van der Waals surface area contributed by atoms with E-state index in [2.05, 4.69) is 17.4 Å². The summed E-state index contributed by atoms with van der Waals surface area (Å²) in [5.41, 5.74) is 2.39. The van der Waals surface area contributed by atoms with Gasteiger partial charge in [-0.3, -0.25) is 0 Å². The van der Waals surface area contributed by atoms with Crippen molar-refractivity contribution in [3.63, 3.8) is 0 Å². The monoisotopic (exact) mass is 459 g/mol. The molecule has 0 radical (unpaired) electrons. The van der Waals surface area contributed by atoms with E-state index in [-0.39, 0.29) is 0 Å². The Kier molecular flexibility index (Phi) is 6.11. The second-order valence-corrected chi connectivity index (χ2v) is 10.6. The van der Waals surface area contributed by atoms with Crippen LogP contribution in [-0.4, -0.2) is 12.1 Å². The summed E-state index contributed by atoms with van der Waals surface area (Å²) in [6, 6.07) is 11.8. The first-order valence-electron chi connectivity index (χ1n) is 11.6. The second-order valence-electron chi connectivity index (χ2n) is 9.75. The van der Waals surface area contributed by atoms with E-state index in [1.165, 1.54) is 44.1 Å². The fraction of sp³-hybridized carbons (Fsp3) is 0.538. The van der Waals surface area contributed by atoms with Gasteiger partial charge < -0.3 is 14.8 Å². The Bertz CT molecular complexity index is 889. The van der Waals surface area contributed by atoms with Crippen molar-refractivity contribution in [2.75, 3.05) is 6.61 Å². The van der Waals surface area contributed by atoms with Crippen LogP contribution in [0.5, 0.6) is 11.5 Å². The molecule has 5 heteroatoms. The van der Waals surface area contributed by atoms with Crippen LogP contribution in [0.25, 0.3) is 0 Å². The standard InChI is InChI=1S/C26H31Cl2NO2/c1-2-30-25-11-17(6-7-24(25)31-16-21-22(27)4-3-5-23(21)28)15-29-26-12-18-8-19(13-26)10-20(9-18)14-26/h3-7,11,18-20,29H,2,8-10,12-16H2,1H3. The van der Waals surface area contributed by atoms with Gasteiger partial charge in [-0.2, -0.15) is 0 Å². The summed E-state index contributed by atoms with van der Waals surface area (Å²) in [5.74, 6) is 4.34. The van der Waals surface area contributed by atoms with Crippen molar-refractivity contribution in [3.05, 3.63) is 57.6 Å². The molecule has 2 aromatic rings. The van der Waals surface area contributed by atoms with E-state index in [0.717, 1.165) is 41.4 Å². The first-order chi connectivity index (χ1) is 15.0. The van der Waals surface area contributed by atoms with Gasteiger partial charge in [-0.1, -0.05) is 35.3 Å². The lowest BCUT2D eigenvalue weighted by molar-refractivity contribution is -0.0206. The predicted octanol–water partition coefficient (Wildman–Crippen LogP) is 7.03. The number of ether oxygens (including phenoxy) is 2. The predicted molar refractivity (Wildman–Crippen MR) is 126 cm³/mol. The van der Waals surface area contributed by atoms with Gasteiger partial charge in [0.1, 0.15) is 6.61 Å². The quantitative estimate of drug-likeness (QED) is 0.459. The first-order valence-corrected chi connectivity index (χ1v) is 12.4. The van der Waals surface area contributed by atoms with Crippen LogP contribution in [0, 0.1) is 17.8 Å². The molecule has 4 saturated carbocycles. The van der Waals surface area contributed by atoms with Crippen LogP contribution in [0.1, 0.15) is 56.6 Å². The van der Waals surface area contributed by atoms with Crippen molar-refractivity contribution in [1.29, 1.82) is 0 Å². The largest absolute Gasteiger partial charge is 0.490 e. The highest BCUT2D eigenvalue weighted by molar-refractivity contribution is 6.35. The van der Waals surface area contributed by atoms with Gasteiger partial charge in [0.25, 0.3) is 0 Å². The Labute approximate surface area is 195 Å². The molecule has 0 amide bonds. The zero-order valence-corrected chi connectivity index (χ0v) is 19.6.